The number of carbonyl (C=O) groups is 1. The molecule has 1 saturated heterocycles. The lowest BCUT2D eigenvalue weighted by molar-refractivity contribution is -0.119. The summed E-state index contributed by atoms with van der Waals surface area (Å²) in [4.78, 5) is 12.6. The first kappa shape index (κ1) is 21.1. The van der Waals surface area contributed by atoms with E-state index in [9.17, 15) is 17.6 Å². The Labute approximate surface area is 160 Å². The van der Waals surface area contributed by atoms with Crippen LogP contribution in [0.25, 0.3) is 0 Å². The Morgan fingerprint density at radius 1 is 1.42 bits per heavy atom. The molecule has 1 aromatic rings. The molecule has 0 aliphatic carbocycles. The standard InChI is InChI=1S/C17H24FN3O3S.ClH/c1-2-10-25(23,24)21-9-3-4-15(21)17(22)20-14-6-5-12-11-19-8-7-13(12)16(14)18;/h5-6,15,19H,2-4,7-11H2,1H3,(H,20,22);1H. The molecule has 1 aromatic carbocycles. The highest BCUT2D eigenvalue weighted by Crippen LogP contribution is 2.27. The van der Waals surface area contributed by atoms with Gasteiger partial charge in [-0.3, -0.25) is 4.79 Å². The average Bonchev–Trinajstić information content (AvgIpc) is 3.08. The van der Waals surface area contributed by atoms with E-state index >= 15 is 0 Å². The zero-order chi connectivity index (χ0) is 18.0. The molecule has 0 saturated carbocycles. The van der Waals surface area contributed by atoms with E-state index in [0.29, 0.717) is 50.9 Å². The van der Waals surface area contributed by atoms with Gasteiger partial charge in [-0.05, 0) is 49.4 Å². The van der Waals surface area contributed by atoms with Crippen LogP contribution in [0.2, 0.25) is 0 Å². The lowest BCUT2D eigenvalue weighted by atomic mass is 9.99. The van der Waals surface area contributed by atoms with E-state index in [1.165, 1.54) is 4.31 Å². The minimum atomic E-state index is -3.45. The summed E-state index contributed by atoms with van der Waals surface area (Å²) >= 11 is 0. The number of anilines is 1. The zero-order valence-corrected chi connectivity index (χ0v) is 16.4. The number of nitrogens with zero attached hydrogens (tertiary/aromatic N) is 1. The van der Waals surface area contributed by atoms with Crippen LogP contribution in [0.15, 0.2) is 12.1 Å². The van der Waals surface area contributed by atoms with E-state index in [0.717, 1.165) is 5.56 Å². The van der Waals surface area contributed by atoms with Crippen LogP contribution >= 0.6 is 12.4 Å². The summed E-state index contributed by atoms with van der Waals surface area (Å²) in [7, 11) is -3.45. The van der Waals surface area contributed by atoms with Gasteiger partial charge in [0.05, 0.1) is 11.4 Å². The van der Waals surface area contributed by atoms with Crippen molar-refractivity contribution in [1.82, 2.24) is 9.62 Å². The number of hydrogen-bond acceptors (Lipinski definition) is 4. The summed E-state index contributed by atoms with van der Waals surface area (Å²) in [6.07, 6.45) is 2.18. The molecule has 9 heteroatoms. The van der Waals surface area contributed by atoms with E-state index in [4.69, 9.17) is 0 Å². The number of nitrogens with one attached hydrogen (secondary N) is 2. The Kier molecular flexibility index (Phi) is 7.01. The fraction of sp³-hybridized carbons (Fsp3) is 0.588. The summed E-state index contributed by atoms with van der Waals surface area (Å²) in [5.41, 5.74) is 1.65. The van der Waals surface area contributed by atoms with Crippen molar-refractivity contribution in [2.75, 3.05) is 24.2 Å². The molecule has 2 aliphatic heterocycles. The van der Waals surface area contributed by atoms with Gasteiger partial charge in [0.25, 0.3) is 0 Å². The van der Waals surface area contributed by atoms with E-state index in [2.05, 4.69) is 10.6 Å². The van der Waals surface area contributed by atoms with Crippen LogP contribution in [0.5, 0.6) is 0 Å². The second-order valence-electron chi connectivity index (χ2n) is 6.57. The molecule has 1 amide bonds. The quantitative estimate of drug-likeness (QED) is 0.785. The van der Waals surface area contributed by atoms with Crippen molar-refractivity contribution in [2.24, 2.45) is 0 Å². The molecule has 1 atom stereocenters. The molecule has 6 nitrogen and oxygen atoms in total. The minimum Gasteiger partial charge on any atom is -0.322 e. The first-order valence-corrected chi connectivity index (χ1v) is 10.4. The molecular weight excluding hydrogens is 381 g/mol. The Morgan fingerprint density at radius 2 is 2.19 bits per heavy atom. The molecule has 3 rings (SSSR count). The van der Waals surface area contributed by atoms with Gasteiger partial charge < -0.3 is 10.6 Å². The molecule has 0 aromatic heterocycles. The van der Waals surface area contributed by atoms with Crippen LogP contribution in [0, 0.1) is 5.82 Å². The number of fused-ring (bicyclic) bond motifs is 1. The monoisotopic (exact) mass is 405 g/mol. The third-order valence-corrected chi connectivity index (χ3v) is 6.87. The molecule has 146 valence electrons. The van der Waals surface area contributed by atoms with Crippen molar-refractivity contribution in [2.45, 2.75) is 45.2 Å². The SMILES string of the molecule is CCCS(=O)(=O)N1CCCC1C(=O)Nc1ccc2c(c1F)CCNC2.Cl. The molecule has 0 spiro atoms. The van der Waals surface area contributed by atoms with Crippen molar-refractivity contribution in [3.05, 3.63) is 29.1 Å². The second kappa shape index (κ2) is 8.65. The van der Waals surface area contributed by atoms with Crippen LogP contribution in [0.1, 0.15) is 37.3 Å². The Morgan fingerprint density at radius 3 is 2.92 bits per heavy atom. The first-order chi connectivity index (χ1) is 11.9. The number of amides is 1. The first-order valence-electron chi connectivity index (χ1n) is 8.75. The lowest BCUT2D eigenvalue weighted by Gasteiger charge is -2.24. The number of hydrogen-bond donors (Lipinski definition) is 2. The van der Waals surface area contributed by atoms with Gasteiger partial charge in [-0.2, -0.15) is 4.31 Å². The summed E-state index contributed by atoms with van der Waals surface area (Å²) in [6, 6.07) is 2.60. The van der Waals surface area contributed by atoms with Gasteiger partial charge in [-0.25, -0.2) is 12.8 Å². The molecule has 0 bridgehead atoms. The predicted molar refractivity (Wildman–Crippen MR) is 101 cm³/mol. The molecule has 1 fully saturated rings. The van der Waals surface area contributed by atoms with Crippen LogP contribution in [-0.4, -0.2) is 43.5 Å². The number of carbonyl (C=O) groups excluding carboxylic acids is 1. The van der Waals surface area contributed by atoms with Crippen molar-refractivity contribution in [3.63, 3.8) is 0 Å². The topological polar surface area (TPSA) is 78.5 Å². The van der Waals surface area contributed by atoms with E-state index in [1.807, 2.05) is 0 Å². The fourth-order valence-electron chi connectivity index (χ4n) is 3.56. The van der Waals surface area contributed by atoms with Crippen molar-refractivity contribution >= 4 is 34.0 Å². The van der Waals surface area contributed by atoms with Crippen LogP contribution in [-0.2, 0) is 27.8 Å². The van der Waals surface area contributed by atoms with Crippen molar-refractivity contribution in [3.8, 4) is 0 Å². The maximum atomic E-state index is 14.7. The highest BCUT2D eigenvalue weighted by Gasteiger charge is 2.38. The van der Waals surface area contributed by atoms with Crippen LogP contribution in [0.4, 0.5) is 10.1 Å². The van der Waals surface area contributed by atoms with Gasteiger partial charge in [0, 0.05) is 13.1 Å². The second-order valence-corrected chi connectivity index (χ2v) is 8.61. The van der Waals surface area contributed by atoms with Gasteiger partial charge >= 0.3 is 0 Å². The van der Waals surface area contributed by atoms with E-state index in [1.54, 1.807) is 19.1 Å². The van der Waals surface area contributed by atoms with Crippen LogP contribution < -0.4 is 10.6 Å². The third kappa shape index (κ3) is 4.19. The third-order valence-electron chi connectivity index (χ3n) is 4.79. The van der Waals surface area contributed by atoms with Gasteiger partial charge in [-0.1, -0.05) is 13.0 Å². The Balaban J connectivity index is 0.00000243. The number of halogens is 2. The van der Waals surface area contributed by atoms with Gasteiger partial charge in [0.2, 0.25) is 15.9 Å². The maximum absolute atomic E-state index is 14.7. The average molecular weight is 406 g/mol. The Bertz CT molecular complexity index is 773. The van der Waals surface area contributed by atoms with E-state index in [-0.39, 0.29) is 23.8 Å². The summed E-state index contributed by atoms with van der Waals surface area (Å²) in [6.45, 7) is 3.46. The highest BCUT2D eigenvalue weighted by molar-refractivity contribution is 7.89. The fourth-order valence-corrected chi connectivity index (χ4v) is 5.30. The zero-order valence-electron chi connectivity index (χ0n) is 14.8. The van der Waals surface area contributed by atoms with Gasteiger partial charge in [-0.15, -0.1) is 12.4 Å². The summed E-state index contributed by atoms with van der Waals surface area (Å²) in [5.74, 6) is -0.838. The molecule has 2 aliphatic rings. The Hall–Kier alpha value is -1.22. The molecule has 0 radical (unpaired) electrons. The molecular formula is C17H25ClFN3O3S. The minimum absolute atomic E-state index is 0. The smallest absolute Gasteiger partial charge is 0.242 e. The molecule has 1 unspecified atom stereocenters. The molecule has 2 heterocycles. The molecule has 26 heavy (non-hydrogen) atoms. The van der Waals surface area contributed by atoms with E-state index < -0.39 is 27.8 Å². The summed E-state index contributed by atoms with van der Waals surface area (Å²) < 4.78 is 40.6. The predicted octanol–water partition coefficient (Wildman–Crippen LogP) is 2.04. The lowest BCUT2D eigenvalue weighted by Crippen LogP contribution is -2.44. The van der Waals surface area contributed by atoms with Crippen molar-refractivity contribution < 1.29 is 17.6 Å². The number of rotatable bonds is 5. The van der Waals surface area contributed by atoms with Crippen LogP contribution in [0.3, 0.4) is 0 Å². The highest BCUT2D eigenvalue weighted by atomic mass is 35.5. The maximum Gasteiger partial charge on any atom is 0.242 e. The van der Waals surface area contributed by atoms with Gasteiger partial charge in [0.15, 0.2) is 0 Å². The number of benzene rings is 1. The largest absolute Gasteiger partial charge is 0.322 e. The normalized spacial score (nSPS) is 20.3. The summed E-state index contributed by atoms with van der Waals surface area (Å²) in [5, 5.41) is 5.79. The van der Waals surface area contributed by atoms with Crippen molar-refractivity contribution in [1.29, 1.82) is 0 Å². The molecule has 2 N–H and O–H groups in total. The van der Waals surface area contributed by atoms with Gasteiger partial charge in [0.1, 0.15) is 11.9 Å². The number of sulfonamides is 1.